The van der Waals surface area contributed by atoms with Gasteiger partial charge in [-0.05, 0) is 32.2 Å². The van der Waals surface area contributed by atoms with E-state index >= 15 is 0 Å². The molecule has 4 nitrogen and oxygen atoms in total. The zero-order valence-corrected chi connectivity index (χ0v) is 21.7. The number of carbonyl (C=O) groups excluding carboxylic acids is 1. The van der Waals surface area contributed by atoms with Gasteiger partial charge < -0.3 is 16.4 Å². The third-order valence-electron chi connectivity index (χ3n) is 5.66. The highest BCUT2D eigenvalue weighted by Crippen LogP contribution is 2.12. The fourth-order valence-corrected chi connectivity index (χ4v) is 3.72. The molecule has 0 saturated heterocycles. The Morgan fingerprint density at radius 2 is 1.07 bits per heavy atom. The third kappa shape index (κ3) is 21.2. The van der Waals surface area contributed by atoms with Gasteiger partial charge in [-0.3, -0.25) is 4.79 Å². The molecule has 0 bridgehead atoms. The third-order valence-corrected chi connectivity index (χ3v) is 5.66. The van der Waals surface area contributed by atoms with E-state index in [1.54, 1.807) is 0 Å². The maximum atomic E-state index is 12.8. The largest absolute Gasteiger partial charge is 0.341 e. The van der Waals surface area contributed by atoms with Gasteiger partial charge in [0.1, 0.15) is 0 Å². The molecule has 0 heterocycles. The van der Waals surface area contributed by atoms with Crippen LogP contribution in [0.1, 0.15) is 123 Å². The zero-order chi connectivity index (χ0) is 20.9. The van der Waals surface area contributed by atoms with Gasteiger partial charge in [-0.1, -0.05) is 97.3 Å². The molecule has 30 heavy (non-hydrogen) atoms. The lowest BCUT2D eigenvalue weighted by Crippen LogP contribution is -2.44. The van der Waals surface area contributed by atoms with Crippen LogP contribution in [0.5, 0.6) is 0 Å². The molecule has 0 aromatic carbocycles. The molecular weight excluding hydrogens is 417 g/mol. The molecule has 6 heteroatoms. The van der Waals surface area contributed by atoms with Crippen LogP contribution in [0.3, 0.4) is 0 Å². The summed E-state index contributed by atoms with van der Waals surface area (Å²) >= 11 is 0. The molecule has 0 saturated carbocycles. The minimum atomic E-state index is -0.347. The Balaban J connectivity index is -0.00000364. The molecule has 0 aliphatic heterocycles. The van der Waals surface area contributed by atoms with Gasteiger partial charge in [-0.15, -0.1) is 24.8 Å². The van der Waals surface area contributed by atoms with Crippen LogP contribution in [0, 0.1) is 0 Å². The zero-order valence-electron chi connectivity index (χ0n) is 20.0. The van der Waals surface area contributed by atoms with Gasteiger partial charge in [0, 0.05) is 13.1 Å². The van der Waals surface area contributed by atoms with E-state index in [0.717, 1.165) is 45.2 Å². The molecule has 0 rings (SSSR count). The predicted octanol–water partition coefficient (Wildman–Crippen LogP) is 6.62. The lowest BCUT2D eigenvalue weighted by atomic mass is 10.1. The average molecular weight is 471 g/mol. The van der Waals surface area contributed by atoms with Gasteiger partial charge in [-0.25, -0.2) is 0 Å². The van der Waals surface area contributed by atoms with E-state index in [9.17, 15) is 4.79 Å². The minimum absolute atomic E-state index is 0. The SMILES string of the molecule is CCCCCCCCCN(CCCCCCCCC)C(=O)[C@@H](N)CCCCN.Cl.Cl. The highest BCUT2D eigenvalue weighted by atomic mass is 35.5. The van der Waals surface area contributed by atoms with Gasteiger partial charge in [0.15, 0.2) is 0 Å². The standard InChI is InChI=1S/C24H51N3O.2ClH/c1-3-5-7-9-11-13-17-21-27(22-18-14-12-10-8-6-4-2)24(28)23(26)19-15-16-20-25;;/h23H,3-22,25-26H2,1-2H3;2*1H/t23-;;/m0../s1. The molecular formula is C24H53Cl2N3O. The number of nitrogens with two attached hydrogens (primary N) is 2. The van der Waals surface area contributed by atoms with Crippen LogP contribution in [-0.4, -0.2) is 36.5 Å². The van der Waals surface area contributed by atoms with Crippen LogP contribution in [-0.2, 0) is 4.79 Å². The number of hydrogen-bond acceptors (Lipinski definition) is 3. The molecule has 1 amide bonds. The molecule has 0 spiro atoms. The first-order chi connectivity index (χ1) is 13.7. The number of rotatable bonds is 21. The van der Waals surface area contributed by atoms with E-state index in [0.29, 0.717) is 6.54 Å². The molecule has 0 aromatic heterocycles. The van der Waals surface area contributed by atoms with Crippen molar-refractivity contribution in [2.45, 2.75) is 129 Å². The first kappa shape index (κ1) is 34.6. The predicted molar refractivity (Wildman–Crippen MR) is 138 cm³/mol. The molecule has 0 radical (unpaired) electrons. The summed E-state index contributed by atoms with van der Waals surface area (Å²) in [5.41, 5.74) is 11.8. The highest BCUT2D eigenvalue weighted by molar-refractivity contribution is 5.85. The van der Waals surface area contributed by atoms with E-state index in [2.05, 4.69) is 18.7 Å². The quantitative estimate of drug-likeness (QED) is 0.185. The number of halogens is 2. The number of carbonyl (C=O) groups is 1. The van der Waals surface area contributed by atoms with Gasteiger partial charge in [0.25, 0.3) is 0 Å². The number of unbranched alkanes of at least 4 members (excludes halogenated alkanes) is 13. The first-order valence-corrected chi connectivity index (χ1v) is 12.4. The summed E-state index contributed by atoms with van der Waals surface area (Å²) in [6.45, 7) is 6.95. The van der Waals surface area contributed by atoms with Crippen LogP contribution >= 0.6 is 24.8 Å². The van der Waals surface area contributed by atoms with Crippen LogP contribution in [0.25, 0.3) is 0 Å². The maximum absolute atomic E-state index is 12.8. The van der Waals surface area contributed by atoms with Crippen molar-refractivity contribution >= 4 is 30.7 Å². The molecule has 1 atom stereocenters. The summed E-state index contributed by atoms with van der Waals surface area (Å²) in [5, 5.41) is 0. The second-order valence-corrected chi connectivity index (χ2v) is 8.46. The van der Waals surface area contributed by atoms with Crippen molar-refractivity contribution < 1.29 is 4.79 Å². The van der Waals surface area contributed by atoms with Crippen molar-refractivity contribution in [2.75, 3.05) is 19.6 Å². The first-order valence-electron chi connectivity index (χ1n) is 12.4. The molecule has 4 N–H and O–H groups in total. The van der Waals surface area contributed by atoms with E-state index < -0.39 is 0 Å². The fraction of sp³-hybridized carbons (Fsp3) is 0.958. The van der Waals surface area contributed by atoms with Crippen molar-refractivity contribution in [3.8, 4) is 0 Å². The van der Waals surface area contributed by atoms with Gasteiger partial charge >= 0.3 is 0 Å². The maximum Gasteiger partial charge on any atom is 0.239 e. The molecule has 0 aliphatic rings. The smallest absolute Gasteiger partial charge is 0.239 e. The second kappa shape index (κ2) is 27.0. The Morgan fingerprint density at radius 1 is 0.667 bits per heavy atom. The Hall–Kier alpha value is -0.0300. The van der Waals surface area contributed by atoms with Crippen LogP contribution in [0.2, 0.25) is 0 Å². The Morgan fingerprint density at radius 3 is 1.47 bits per heavy atom. The summed E-state index contributed by atoms with van der Waals surface area (Å²) < 4.78 is 0. The molecule has 0 aliphatic carbocycles. The molecule has 0 fully saturated rings. The van der Waals surface area contributed by atoms with Gasteiger partial charge in [0.2, 0.25) is 5.91 Å². The Labute approximate surface area is 200 Å². The topological polar surface area (TPSA) is 72.3 Å². The summed E-state index contributed by atoms with van der Waals surface area (Å²) in [7, 11) is 0. The summed E-state index contributed by atoms with van der Waals surface area (Å²) in [6, 6.07) is -0.347. The minimum Gasteiger partial charge on any atom is -0.341 e. The van der Waals surface area contributed by atoms with Crippen LogP contribution in [0.15, 0.2) is 0 Å². The second-order valence-electron chi connectivity index (χ2n) is 8.46. The molecule has 0 aromatic rings. The van der Waals surface area contributed by atoms with Crippen molar-refractivity contribution in [1.82, 2.24) is 4.90 Å². The number of amides is 1. The van der Waals surface area contributed by atoms with Gasteiger partial charge in [-0.2, -0.15) is 0 Å². The summed E-state index contributed by atoms with van der Waals surface area (Å²) in [6.07, 6.45) is 20.6. The lowest BCUT2D eigenvalue weighted by Gasteiger charge is -2.26. The average Bonchev–Trinajstić information content (AvgIpc) is 2.70. The van der Waals surface area contributed by atoms with Gasteiger partial charge in [0.05, 0.1) is 6.04 Å². The lowest BCUT2D eigenvalue weighted by molar-refractivity contribution is -0.133. The van der Waals surface area contributed by atoms with Crippen molar-refractivity contribution in [2.24, 2.45) is 11.5 Å². The summed E-state index contributed by atoms with van der Waals surface area (Å²) in [4.78, 5) is 14.9. The monoisotopic (exact) mass is 469 g/mol. The fourth-order valence-electron chi connectivity index (χ4n) is 3.72. The van der Waals surface area contributed by atoms with Crippen LogP contribution in [0.4, 0.5) is 0 Å². The van der Waals surface area contributed by atoms with E-state index in [1.165, 1.54) is 77.0 Å². The van der Waals surface area contributed by atoms with E-state index in [1.807, 2.05) is 0 Å². The highest BCUT2D eigenvalue weighted by Gasteiger charge is 2.20. The van der Waals surface area contributed by atoms with E-state index in [4.69, 9.17) is 11.5 Å². The van der Waals surface area contributed by atoms with E-state index in [-0.39, 0.29) is 36.8 Å². The van der Waals surface area contributed by atoms with Crippen LogP contribution < -0.4 is 11.5 Å². The Kier molecular flexibility index (Phi) is 31.1. The Bertz CT molecular complexity index is 328. The molecule has 0 unspecified atom stereocenters. The van der Waals surface area contributed by atoms with Crippen molar-refractivity contribution in [1.29, 1.82) is 0 Å². The normalized spacial score (nSPS) is 11.5. The number of hydrogen-bond donors (Lipinski definition) is 2. The number of nitrogens with zero attached hydrogens (tertiary/aromatic N) is 1. The van der Waals surface area contributed by atoms with Crippen molar-refractivity contribution in [3.05, 3.63) is 0 Å². The summed E-state index contributed by atoms with van der Waals surface area (Å²) in [5.74, 6) is 0.161. The van der Waals surface area contributed by atoms with Crippen molar-refractivity contribution in [3.63, 3.8) is 0 Å². The molecule has 184 valence electrons.